The van der Waals surface area contributed by atoms with Gasteiger partial charge < -0.3 is 10.6 Å². The smallest absolute Gasteiger partial charge is 0.292 e. The Bertz CT molecular complexity index is 456. The van der Waals surface area contributed by atoms with Crippen molar-refractivity contribution in [1.82, 2.24) is 5.32 Å². The average Bonchev–Trinajstić information content (AvgIpc) is 2.40. The number of nitrogens with one attached hydrogen (secondary N) is 2. The van der Waals surface area contributed by atoms with Gasteiger partial charge in [-0.05, 0) is 25.5 Å². The van der Waals surface area contributed by atoms with Crippen molar-refractivity contribution in [1.29, 1.82) is 0 Å². The number of amides is 1. The first-order chi connectivity index (χ1) is 8.68. The van der Waals surface area contributed by atoms with Crippen LogP contribution in [-0.2, 0) is 4.79 Å². The van der Waals surface area contributed by atoms with Crippen LogP contribution >= 0.6 is 0 Å². The molecule has 0 aromatic heterocycles. The molecule has 0 aliphatic carbocycles. The summed E-state index contributed by atoms with van der Waals surface area (Å²) in [5.41, 5.74) is 0.168. The molecule has 1 aliphatic rings. The topological polar surface area (TPSA) is 84.3 Å². The Morgan fingerprint density at radius 3 is 2.83 bits per heavy atom. The average molecular weight is 249 g/mol. The number of para-hydroxylation sites is 2. The number of carbonyl (C=O) groups excluding carboxylic acids is 1. The van der Waals surface area contributed by atoms with Crippen molar-refractivity contribution in [3.63, 3.8) is 0 Å². The van der Waals surface area contributed by atoms with Crippen LogP contribution in [0.25, 0.3) is 0 Å². The molecule has 1 saturated heterocycles. The minimum absolute atomic E-state index is 0.0818. The molecule has 0 unspecified atom stereocenters. The third-order valence-electron chi connectivity index (χ3n) is 2.99. The number of anilines is 1. The minimum Gasteiger partial charge on any atom is -0.319 e. The molecule has 1 amide bonds. The first kappa shape index (κ1) is 12.5. The summed E-state index contributed by atoms with van der Waals surface area (Å²) in [5, 5.41) is 16.5. The predicted octanol–water partition coefficient (Wildman–Crippen LogP) is 1.68. The second-order valence-corrected chi connectivity index (χ2v) is 4.27. The lowest BCUT2D eigenvalue weighted by molar-refractivity contribution is -0.383. The Hall–Kier alpha value is -1.95. The van der Waals surface area contributed by atoms with Gasteiger partial charge in [-0.25, -0.2) is 0 Å². The Morgan fingerprint density at radius 1 is 1.39 bits per heavy atom. The van der Waals surface area contributed by atoms with Gasteiger partial charge in [-0.2, -0.15) is 0 Å². The molecule has 0 saturated carbocycles. The molecule has 2 rings (SSSR count). The second kappa shape index (κ2) is 5.59. The number of nitro groups is 1. The minimum atomic E-state index is -0.496. The molecule has 96 valence electrons. The highest BCUT2D eigenvalue weighted by atomic mass is 16.6. The molecule has 1 heterocycles. The van der Waals surface area contributed by atoms with E-state index in [0.717, 1.165) is 25.8 Å². The Balaban J connectivity index is 2.08. The standard InChI is InChI=1S/C12H15N3O3/c16-12(10-6-3-4-8-13-10)14-9-5-1-2-7-11(9)15(17)18/h1-2,5,7,10,13H,3-4,6,8H2,(H,14,16)/t10-/m1/s1. The highest BCUT2D eigenvalue weighted by Gasteiger charge is 2.22. The van der Waals surface area contributed by atoms with Crippen molar-refractivity contribution >= 4 is 17.3 Å². The maximum absolute atomic E-state index is 11.9. The zero-order valence-corrected chi connectivity index (χ0v) is 9.89. The number of hydrogen-bond donors (Lipinski definition) is 2. The summed E-state index contributed by atoms with van der Waals surface area (Å²) in [4.78, 5) is 22.3. The van der Waals surface area contributed by atoms with Crippen LogP contribution in [0, 0.1) is 10.1 Å². The Morgan fingerprint density at radius 2 is 2.17 bits per heavy atom. The predicted molar refractivity (Wildman–Crippen MR) is 67.4 cm³/mol. The number of nitro benzene ring substituents is 1. The molecule has 0 bridgehead atoms. The van der Waals surface area contributed by atoms with Crippen molar-refractivity contribution in [2.45, 2.75) is 25.3 Å². The van der Waals surface area contributed by atoms with E-state index in [-0.39, 0.29) is 23.3 Å². The highest BCUT2D eigenvalue weighted by molar-refractivity contribution is 5.96. The maximum atomic E-state index is 11.9. The quantitative estimate of drug-likeness (QED) is 0.630. The largest absolute Gasteiger partial charge is 0.319 e. The molecular formula is C12H15N3O3. The van der Waals surface area contributed by atoms with Gasteiger partial charge in [-0.1, -0.05) is 18.6 Å². The number of hydrogen-bond acceptors (Lipinski definition) is 4. The van der Waals surface area contributed by atoms with Gasteiger partial charge in [0.05, 0.1) is 11.0 Å². The number of nitrogens with zero attached hydrogens (tertiary/aromatic N) is 1. The number of rotatable bonds is 3. The summed E-state index contributed by atoms with van der Waals surface area (Å²) in [6.45, 7) is 0.814. The summed E-state index contributed by atoms with van der Waals surface area (Å²) in [6.07, 6.45) is 2.84. The molecule has 2 N–H and O–H groups in total. The molecule has 6 heteroatoms. The van der Waals surface area contributed by atoms with E-state index < -0.39 is 4.92 Å². The van der Waals surface area contributed by atoms with E-state index in [0.29, 0.717) is 0 Å². The molecule has 18 heavy (non-hydrogen) atoms. The lowest BCUT2D eigenvalue weighted by Gasteiger charge is -2.22. The van der Waals surface area contributed by atoms with Crippen LogP contribution in [0.1, 0.15) is 19.3 Å². The van der Waals surface area contributed by atoms with Crippen molar-refractivity contribution in [2.75, 3.05) is 11.9 Å². The molecular weight excluding hydrogens is 234 g/mol. The summed E-state index contributed by atoms with van der Waals surface area (Å²) >= 11 is 0. The molecule has 1 aliphatic heterocycles. The monoisotopic (exact) mass is 249 g/mol. The van der Waals surface area contributed by atoms with Crippen molar-refractivity contribution in [3.8, 4) is 0 Å². The third kappa shape index (κ3) is 2.84. The summed E-state index contributed by atoms with van der Waals surface area (Å²) < 4.78 is 0. The van der Waals surface area contributed by atoms with Gasteiger partial charge in [0, 0.05) is 6.07 Å². The van der Waals surface area contributed by atoms with Gasteiger partial charge in [-0.15, -0.1) is 0 Å². The molecule has 1 fully saturated rings. The van der Waals surface area contributed by atoms with Crippen LogP contribution in [-0.4, -0.2) is 23.4 Å². The van der Waals surface area contributed by atoms with E-state index in [2.05, 4.69) is 10.6 Å². The third-order valence-corrected chi connectivity index (χ3v) is 2.99. The molecule has 6 nitrogen and oxygen atoms in total. The summed E-state index contributed by atoms with van der Waals surface area (Å²) in [7, 11) is 0. The first-order valence-corrected chi connectivity index (χ1v) is 5.96. The maximum Gasteiger partial charge on any atom is 0.292 e. The molecule has 1 aromatic carbocycles. The summed E-state index contributed by atoms with van der Waals surface area (Å²) in [5.74, 6) is -0.205. The fraction of sp³-hybridized carbons (Fsp3) is 0.417. The van der Waals surface area contributed by atoms with Gasteiger partial charge in [0.2, 0.25) is 5.91 Å². The van der Waals surface area contributed by atoms with Crippen LogP contribution in [0.3, 0.4) is 0 Å². The molecule has 1 aromatic rings. The van der Waals surface area contributed by atoms with E-state index in [9.17, 15) is 14.9 Å². The lowest BCUT2D eigenvalue weighted by atomic mass is 10.0. The van der Waals surface area contributed by atoms with Crippen molar-refractivity contribution < 1.29 is 9.72 Å². The van der Waals surface area contributed by atoms with E-state index in [4.69, 9.17) is 0 Å². The van der Waals surface area contributed by atoms with E-state index in [1.165, 1.54) is 6.07 Å². The zero-order valence-electron chi connectivity index (χ0n) is 9.89. The van der Waals surface area contributed by atoms with Gasteiger partial charge in [0.1, 0.15) is 5.69 Å². The Labute approximate surface area is 105 Å². The number of carbonyl (C=O) groups is 1. The molecule has 1 atom stereocenters. The molecule has 0 radical (unpaired) electrons. The van der Waals surface area contributed by atoms with Gasteiger partial charge in [-0.3, -0.25) is 14.9 Å². The van der Waals surface area contributed by atoms with Crippen molar-refractivity contribution in [3.05, 3.63) is 34.4 Å². The molecule has 0 spiro atoms. The van der Waals surface area contributed by atoms with Crippen LogP contribution in [0.4, 0.5) is 11.4 Å². The normalized spacial score (nSPS) is 19.2. The number of benzene rings is 1. The van der Waals surface area contributed by atoms with Crippen LogP contribution in [0.15, 0.2) is 24.3 Å². The highest BCUT2D eigenvalue weighted by Crippen LogP contribution is 2.23. The van der Waals surface area contributed by atoms with Crippen LogP contribution in [0.5, 0.6) is 0 Å². The van der Waals surface area contributed by atoms with Gasteiger partial charge in [0.25, 0.3) is 5.69 Å². The fourth-order valence-electron chi connectivity index (χ4n) is 2.03. The fourth-order valence-corrected chi connectivity index (χ4v) is 2.03. The van der Waals surface area contributed by atoms with Crippen LogP contribution in [0.2, 0.25) is 0 Å². The number of piperidine rings is 1. The lowest BCUT2D eigenvalue weighted by Crippen LogP contribution is -2.43. The summed E-state index contributed by atoms with van der Waals surface area (Å²) in [6, 6.07) is 5.91. The van der Waals surface area contributed by atoms with Crippen molar-refractivity contribution in [2.24, 2.45) is 0 Å². The van der Waals surface area contributed by atoms with E-state index >= 15 is 0 Å². The van der Waals surface area contributed by atoms with Gasteiger partial charge >= 0.3 is 0 Å². The first-order valence-electron chi connectivity index (χ1n) is 5.96. The SMILES string of the molecule is O=C(Nc1ccccc1[N+](=O)[O-])[C@H]1CCCCN1. The zero-order chi connectivity index (χ0) is 13.0. The van der Waals surface area contributed by atoms with E-state index in [1.54, 1.807) is 18.2 Å². The second-order valence-electron chi connectivity index (χ2n) is 4.27. The Kier molecular flexibility index (Phi) is 3.88. The van der Waals surface area contributed by atoms with Crippen LogP contribution < -0.4 is 10.6 Å². The van der Waals surface area contributed by atoms with E-state index in [1.807, 2.05) is 0 Å². The van der Waals surface area contributed by atoms with Gasteiger partial charge in [0.15, 0.2) is 0 Å².